The zero-order valence-corrected chi connectivity index (χ0v) is 13.3. The summed E-state index contributed by atoms with van der Waals surface area (Å²) >= 11 is 4.26. The highest BCUT2D eigenvalue weighted by molar-refractivity contribution is 7.80. The Hall–Kier alpha value is -1.49. The van der Waals surface area contributed by atoms with E-state index in [4.69, 9.17) is 5.11 Å². The molecule has 3 atom stereocenters. The fraction of sp³-hybridized carbons (Fsp3) is 0.500. The van der Waals surface area contributed by atoms with Crippen LogP contribution < -0.4 is 5.32 Å². The van der Waals surface area contributed by atoms with Crippen molar-refractivity contribution in [2.45, 2.75) is 38.6 Å². The van der Waals surface area contributed by atoms with E-state index < -0.39 is 12.0 Å². The molecule has 0 aliphatic rings. The van der Waals surface area contributed by atoms with Crippen molar-refractivity contribution in [3.63, 3.8) is 0 Å². The Balaban J connectivity index is 2.79. The lowest BCUT2D eigenvalue weighted by Crippen LogP contribution is -2.45. The van der Waals surface area contributed by atoms with Crippen molar-refractivity contribution in [3.05, 3.63) is 35.9 Å². The van der Waals surface area contributed by atoms with Gasteiger partial charge in [0, 0.05) is 5.75 Å². The first kappa shape index (κ1) is 17.6. The molecule has 1 rings (SSSR count). The van der Waals surface area contributed by atoms with Crippen molar-refractivity contribution in [2.24, 2.45) is 5.92 Å². The second kappa shape index (κ2) is 8.72. The standard InChI is InChI=1S/C16H23NO3S/c1-3-7-14(16(19)20)17-15(18)13(10-21)11(2)12-8-5-4-6-9-12/h4-6,8-9,11,13-14,21H,3,7,10H2,1-2H3,(H,17,18)(H,19,20)/t11-,13+,14+/m1/s1. The number of hydrogen-bond donors (Lipinski definition) is 3. The molecule has 0 spiro atoms. The number of hydrogen-bond acceptors (Lipinski definition) is 3. The minimum atomic E-state index is -0.990. The summed E-state index contributed by atoms with van der Waals surface area (Å²) in [7, 11) is 0. The number of carbonyl (C=O) groups is 2. The normalized spacial score (nSPS) is 15.0. The van der Waals surface area contributed by atoms with Gasteiger partial charge in [-0.15, -0.1) is 0 Å². The molecule has 0 fully saturated rings. The van der Waals surface area contributed by atoms with E-state index in [2.05, 4.69) is 17.9 Å². The largest absolute Gasteiger partial charge is 0.480 e. The van der Waals surface area contributed by atoms with Crippen LogP contribution in [-0.4, -0.2) is 28.8 Å². The van der Waals surface area contributed by atoms with Crippen molar-refractivity contribution in [3.8, 4) is 0 Å². The van der Waals surface area contributed by atoms with E-state index in [9.17, 15) is 9.59 Å². The number of amides is 1. The molecule has 0 aromatic heterocycles. The summed E-state index contributed by atoms with van der Waals surface area (Å²) in [4.78, 5) is 23.5. The molecule has 21 heavy (non-hydrogen) atoms. The van der Waals surface area contributed by atoms with Gasteiger partial charge in [-0.3, -0.25) is 4.79 Å². The van der Waals surface area contributed by atoms with Crippen molar-refractivity contribution in [1.29, 1.82) is 0 Å². The summed E-state index contributed by atoms with van der Waals surface area (Å²) in [6, 6.07) is 8.89. The number of aliphatic carboxylic acids is 1. The number of benzene rings is 1. The quantitative estimate of drug-likeness (QED) is 0.647. The molecule has 1 aromatic rings. The highest BCUT2D eigenvalue weighted by Gasteiger charge is 2.28. The van der Waals surface area contributed by atoms with Crippen LogP contribution in [-0.2, 0) is 9.59 Å². The molecule has 0 saturated carbocycles. The number of carbonyl (C=O) groups excluding carboxylic acids is 1. The molecule has 2 N–H and O–H groups in total. The third-order valence-corrected chi connectivity index (χ3v) is 4.05. The Morgan fingerprint density at radius 1 is 1.29 bits per heavy atom. The Bertz CT molecular complexity index is 464. The predicted molar refractivity (Wildman–Crippen MR) is 86.7 cm³/mol. The first-order valence-corrected chi connectivity index (χ1v) is 7.83. The number of carboxylic acids is 1. The van der Waals surface area contributed by atoms with Crippen LogP contribution >= 0.6 is 12.6 Å². The lowest BCUT2D eigenvalue weighted by atomic mass is 9.88. The Labute approximate surface area is 131 Å². The molecular weight excluding hydrogens is 286 g/mol. The zero-order chi connectivity index (χ0) is 15.8. The highest BCUT2D eigenvalue weighted by atomic mass is 32.1. The molecule has 5 heteroatoms. The summed E-state index contributed by atoms with van der Waals surface area (Å²) in [6.07, 6.45) is 1.14. The number of thiol groups is 1. The summed E-state index contributed by atoms with van der Waals surface area (Å²) in [5.74, 6) is -1.23. The van der Waals surface area contributed by atoms with Crippen LogP contribution in [0.2, 0.25) is 0 Å². The first-order valence-electron chi connectivity index (χ1n) is 7.20. The molecule has 0 radical (unpaired) electrons. The molecule has 0 aliphatic heterocycles. The van der Waals surface area contributed by atoms with E-state index in [0.717, 1.165) is 5.56 Å². The Kier molecular flexibility index (Phi) is 7.29. The van der Waals surface area contributed by atoms with Crippen molar-refractivity contribution >= 4 is 24.5 Å². The smallest absolute Gasteiger partial charge is 0.326 e. The summed E-state index contributed by atoms with van der Waals surface area (Å²) < 4.78 is 0. The van der Waals surface area contributed by atoms with Gasteiger partial charge in [0.1, 0.15) is 6.04 Å². The molecule has 116 valence electrons. The molecule has 0 bridgehead atoms. The lowest BCUT2D eigenvalue weighted by molar-refractivity contribution is -0.142. The van der Waals surface area contributed by atoms with E-state index in [1.807, 2.05) is 44.2 Å². The van der Waals surface area contributed by atoms with E-state index in [0.29, 0.717) is 18.6 Å². The van der Waals surface area contributed by atoms with Crippen LogP contribution in [0.3, 0.4) is 0 Å². The van der Waals surface area contributed by atoms with Crippen LogP contribution in [0.15, 0.2) is 30.3 Å². The second-order valence-corrected chi connectivity index (χ2v) is 5.54. The predicted octanol–water partition coefficient (Wildman–Crippen LogP) is 2.71. The molecular formula is C16H23NO3S. The van der Waals surface area contributed by atoms with Gasteiger partial charge in [-0.2, -0.15) is 12.6 Å². The van der Waals surface area contributed by atoms with Gasteiger partial charge < -0.3 is 10.4 Å². The van der Waals surface area contributed by atoms with Gasteiger partial charge in [0.25, 0.3) is 0 Å². The Morgan fingerprint density at radius 2 is 1.90 bits per heavy atom. The highest BCUT2D eigenvalue weighted by Crippen LogP contribution is 2.25. The maximum Gasteiger partial charge on any atom is 0.326 e. The molecule has 0 unspecified atom stereocenters. The summed E-state index contributed by atoms with van der Waals surface area (Å²) in [5, 5.41) is 11.8. The molecule has 1 amide bonds. The van der Waals surface area contributed by atoms with Gasteiger partial charge >= 0.3 is 5.97 Å². The van der Waals surface area contributed by atoms with Gasteiger partial charge in [0.2, 0.25) is 5.91 Å². The van der Waals surface area contributed by atoms with Gasteiger partial charge in [0.15, 0.2) is 0 Å². The molecule has 4 nitrogen and oxygen atoms in total. The molecule has 1 aromatic carbocycles. The summed E-state index contributed by atoms with van der Waals surface area (Å²) in [6.45, 7) is 3.86. The molecule has 0 heterocycles. The average Bonchev–Trinajstić information content (AvgIpc) is 2.48. The summed E-state index contributed by atoms with van der Waals surface area (Å²) in [5.41, 5.74) is 1.05. The van der Waals surface area contributed by atoms with Crippen molar-refractivity contribution in [2.75, 3.05) is 5.75 Å². The number of carboxylic acid groups (broad SMARTS) is 1. The average molecular weight is 309 g/mol. The second-order valence-electron chi connectivity index (χ2n) is 5.18. The first-order chi connectivity index (χ1) is 10.0. The number of nitrogens with one attached hydrogen (secondary N) is 1. The van der Waals surface area contributed by atoms with E-state index in [1.54, 1.807) is 0 Å². The monoisotopic (exact) mass is 309 g/mol. The zero-order valence-electron chi connectivity index (χ0n) is 12.5. The van der Waals surface area contributed by atoms with Crippen LogP contribution in [0.25, 0.3) is 0 Å². The van der Waals surface area contributed by atoms with Gasteiger partial charge in [-0.25, -0.2) is 4.79 Å². The molecule has 0 saturated heterocycles. The van der Waals surface area contributed by atoms with Crippen LogP contribution in [0, 0.1) is 5.92 Å². The van der Waals surface area contributed by atoms with Gasteiger partial charge in [-0.1, -0.05) is 50.6 Å². The fourth-order valence-corrected chi connectivity index (χ4v) is 2.76. The SMILES string of the molecule is CCC[C@H](NC(=O)[C@@H](CS)[C@H](C)c1ccccc1)C(=O)O. The van der Waals surface area contributed by atoms with Crippen LogP contribution in [0.4, 0.5) is 0 Å². The number of rotatable bonds is 8. The van der Waals surface area contributed by atoms with E-state index >= 15 is 0 Å². The maximum absolute atomic E-state index is 12.4. The van der Waals surface area contributed by atoms with E-state index in [-0.39, 0.29) is 17.7 Å². The van der Waals surface area contributed by atoms with Crippen LogP contribution in [0.1, 0.15) is 38.2 Å². The fourth-order valence-electron chi connectivity index (χ4n) is 2.28. The Morgan fingerprint density at radius 3 is 2.38 bits per heavy atom. The maximum atomic E-state index is 12.4. The van der Waals surface area contributed by atoms with Crippen molar-refractivity contribution in [1.82, 2.24) is 5.32 Å². The van der Waals surface area contributed by atoms with Gasteiger partial charge in [0.05, 0.1) is 5.92 Å². The van der Waals surface area contributed by atoms with Gasteiger partial charge in [-0.05, 0) is 17.9 Å². The van der Waals surface area contributed by atoms with Crippen LogP contribution in [0.5, 0.6) is 0 Å². The lowest BCUT2D eigenvalue weighted by Gasteiger charge is -2.24. The topological polar surface area (TPSA) is 66.4 Å². The minimum Gasteiger partial charge on any atom is -0.480 e. The third kappa shape index (κ3) is 5.08. The molecule has 0 aliphatic carbocycles. The third-order valence-electron chi connectivity index (χ3n) is 3.65. The minimum absolute atomic E-state index is 0.0141. The van der Waals surface area contributed by atoms with E-state index in [1.165, 1.54) is 0 Å². The van der Waals surface area contributed by atoms with Crippen molar-refractivity contribution < 1.29 is 14.7 Å².